The van der Waals surface area contributed by atoms with Crippen molar-refractivity contribution in [1.29, 1.82) is 0 Å². The summed E-state index contributed by atoms with van der Waals surface area (Å²) in [6.45, 7) is 2.27. The van der Waals surface area contributed by atoms with E-state index in [-0.39, 0.29) is 12.8 Å². The maximum absolute atomic E-state index is 5.71. The maximum Gasteiger partial charge on any atom is 0.188 e. The summed E-state index contributed by atoms with van der Waals surface area (Å²) in [5, 5.41) is 0. The summed E-state index contributed by atoms with van der Waals surface area (Å²) in [6, 6.07) is 8.07. The first-order valence-electron chi connectivity index (χ1n) is 4.68. The fourth-order valence-electron chi connectivity index (χ4n) is 1.26. The van der Waals surface area contributed by atoms with Gasteiger partial charge in [-0.15, -0.1) is 0 Å². The summed E-state index contributed by atoms with van der Waals surface area (Å²) >= 11 is 0. The predicted octanol–water partition coefficient (Wildman–Crippen LogP) is 1.56. The average Bonchev–Trinajstić information content (AvgIpc) is 2.14. The highest BCUT2D eigenvalue weighted by molar-refractivity contribution is 5.28. The van der Waals surface area contributed by atoms with E-state index in [4.69, 9.17) is 15.2 Å². The predicted molar refractivity (Wildman–Crippen MR) is 56.3 cm³/mol. The fraction of sp³-hybridized carbons (Fsp3) is 0.455. The topological polar surface area (TPSA) is 44.5 Å². The Balaban J connectivity index is 2.59. The van der Waals surface area contributed by atoms with E-state index < -0.39 is 0 Å². The fourth-order valence-corrected chi connectivity index (χ4v) is 1.26. The van der Waals surface area contributed by atoms with Crippen molar-refractivity contribution in [3.63, 3.8) is 0 Å². The van der Waals surface area contributed by atoms with Crippen LogP contribution in [-0.4, -0.2) is 19.9 Å². The van der Waals surface area contributed by atoms with Crippen LogP contribution in [0.4, 0.5) is 0 Å². The van der Waals surface area contributed by atoms with Crippen LogP contribution >= 0.6 is 0 Å². The molecule has 0 spiro atoms. The molecule has 1 unspecified atom stereocenters. The summed E-state index contributed by atoms with van der Waals surface area (Å²) in [6.07, 6.45) is 0.865. The van der Waals surface area contributed by atoms with Crippen LogP contribution < -0.4 is 10.5 Å². The lowest BCUT2D eigenvalue weighted by molar-refractivity contribution is 0.0511. The zero-order valence-electron chi connectivity index (χ0n) is 8.69. The quantitative estimate of drug-likeness (QED) is 0.725. The maximum atomic E-state index is 5.71. The molecule has 2 N–H and O–H groups in total. The molecule has 0 saturated heterocycles. The zero-order chi connectivity index (χ0) is 10.4. The minimum Gasteiger partial charge on any atom is -0.468 e. The molecule has 3 heteroatoms. The first-order chi connectivity index (χ1) is 6.72. The van der Waals surface area contributed by atoms with Gasteiger partial charge in [0.2, 0.25) is 0 Å². The van der Waals surface area contributed by atoms with E-state index in [1.807, 2.05) is 31.2 Å². The highest BCUT2D eigenvalue weighted by Crippen LogP contribution is 2.14. The molecule has 3 nitrogen and oxygen atoms in total. The number of methoxy groups -OCH3 is 1. The molecule has 78 valence electrons. The Morgan fingerprint density at radius 1 is 1.43 bits per heavy atom. The molecule has 0 aliphatic carbocycles. The molecule has 0 aromatic heterocycles. The third-order valence-electron chi connectivity index (χ3n) is 1.80. The van der Waals surface area contributed by atoms with Gasteiger partial charge in [0, 0.05) is 13.2 Å². The standard InChI is InChI=1S/C11H17NO2/c1-9(12)6-10-4-3-5-11(7-10)14-8-13-2/h3-5,7,9H,6,8,12H2,1-2H3. The van der Waals surface area contributed by atoms with Crippen molar-refractivity contribution in [2.75, 3.05) is 13.9 Å². The number of nitrogens with two attached hydrogens (primary N) is 1. The Labute approximate surface area is 84.8 Å². The second-order valence-electron chi connectivity index (χ2n) is 3.38. The summed E-state index contributed by atoms with van der Waals surface area (Å²) < 4.78 is 10.1. The van der Waals surface area contributed by atoms with E-state index in [9.17, 15) is 0 Å². The molecule has 0 amide bonds. The van der Waals surface area contributed by atoms with Gasteiger partial charge >= 0.3 is 0 Å². The molecule has 1 aromatic carbocycles. The molecule has 0 fully saturated rings. The molecule has 0 heterocycles. The SMILES string of the molecule is COCOc1cccc(CC(C)N)c1. The Morgan fingerprint density at radius 2 is 2.21 bits per heavy atom. The molecule has 1 aromatic rings. The molecule has 14 heavy (non-hydrogen) atoms. The van der Waals surface area contributed by atoms with E-state index in [0.29, 0.717) is 0 Å². The van der Waals surface area contributed by atoms with Gasteiger partial charge in [0.15, 0.2) is 6.79 Å². The van der Waals surface area contributed by atoms with Crippen molar-refractivity contribution < 1.29 is 9.47 Å². The minimum atomic E-state index is 0.174. The third-order valence-corrected chi connectivity index (χ3v) is 1.80. The lowest BCUT2D eigenvalue weighted by Crippen LogP contribution is -2.17. The summed E-state index contributed by atoms with van der Waals surface area (Å²) in [5.74, 6) is 0.824. The second kappa shape index (κ2) is 5.62. The van der Waals surface area contributed by atoms with Crippen LogP contribution in [0.2, 0.25) is 0 Å². The Morgan fingerprint density at radius 3 is 2.86 bits per heavy atom. The second-order valence-corrected chi connectivity index (χ2v) is 3.38. The molecular weight excluding hydrogens is 178 g/mol. The van der Waals surface area contributed by atoms with Gasteiger partial charge in [-0.3, -0.25) is 0 Å². The van der Waals surface area contributed by atoms with E-state index in [2.05, 4.69) is 0 Å². The summed E-state index contributed by atoms with van der Waals surface area (Å²) in [5.41, 5.74) is 6.90. The van der Waals surface area contributed by atoms with Crippen LogP contribution in [-0.2, 0) is 11.2 Å². The largest absolute Gasteiger partial charge is 0.468 e. The van der Waals surface area contributed by atoms with E-state index in [0.717, 1.165) is 12.2 Å². The van der Waals surface area contributed by atoms with Gasteiger partial charge in [0.1, 0.15) is 5.75 Å². The van der Waals surface area contributed by atoms with Crippen LogP contribution in [0.3, 0.4) is 0 Å². The van der Waals surface area contributed by atoms with Crippen molar-refractivity contribution in [3.05, 3.63) is 29.8 Å². The molecule has 0 bridgehead atoms. The first-order valence-corrected chi connectivity index (χ1v) is 4.68. The molecule has 1 atom stereocenters. The molecule has 0 aliphatic rings. The van der Waals surface area contributed by atoms with Crippen LogP contribution in [0.1, 0.15) is 12.5 Å². The van der Waals surface area contributed by atoms with E-state index in [1.54, 1.807) is 7.11 Å². The van der Waals surface area contributed by atoms with Gasteiger partial charge in [-0.05, 0) is 31.0 Å². The van der Waals surface area contributed by atoms with Crippen LogP contribution in [0.25, 0.3) is 0 Å². The van der Waals surface area contributed by atoms with Crippen molar-refractivity contribution in [2.24, 2.45) is 5.73 Å². The monoisotopic (exact) mass is 195 g/mol. The molecule has 0 radical (unpaired) electrons. The number of hydrogen-bond acceptors (Lipinski definition) is 3. The smallest absolute Gasteiger partial charge is 0.188 e. The van der Waals surface area contributed by atoms with E-state index >= 15 is 0 Å². The lowest BCUT2D eigenvalue weighted by Gasteiger charge is -2.08. The Bertz CT molecular complexity index is 274. The zero-order valence-corrected chi connectivity index (χ0v) is 8.69. The van der Waals surface area contributed by atoms with Gasteiger partial charge in [-0.2, -0.15) is 0 Å². The van der Waals surface area contributed by atoms with Gasteiger partial charge in [-0.1, -0.05) is 12.1 Å². The van der Waals surface area contributed by atoms with Crippen molar-refractivity contribution in [3.8, 4) is 5.75 Å². The molecule has 1 rings (SSSR count). The van der Waals surface area contributed by atoms with E-state index in [1.165, 1.54) is 5.56 Å². The normalized spacial score (nSPS) is 12.5. The number of rotatable bonds is 5. The molecule has 0 saturated carbocycles. The van der Waals surface area contributed by atoms with Gasteiger partial charge in [0.05, 0.1) is 0 Å². The highest BCUT2D eigenvalue weighted by Gasteiger charge is 1.99. The highest BCUT2D eigenvalue weighted by atomic mass is 16.7. The molecule has 0 aliphatic heterocycles. The van der Waals surface area contributed by atoms with Gasteiger partial charge < -0.3 is 15.2 Å². The molecular formula is C11H17NO2. The Hall–Kier alpha value is -1.06. The minimum absolute atomic E-state index is 0.174. The van der Waals surface area contributed by atoms with Crippen LogP contribution in [0.5, 0.6) is 5.75 Å². The number of ether oxygens (including phenoxy) is 2. The number of benzene rings is 1. The van der Waals surface area contributed by atoms with Crippen molar-refractivity contribution in [1.82, 2.24) is 0 Å². The first kappa shape index (κ1) is 11.0. The van der Waals surface area contributed by atoms with Crippen molar-refractivity contribution >= 4 is 0 Å². The third kappa shape index (κ3) is 3.77. The Kier molecular flexibility index (Phi) is 4.43. The van der Waals surface area contributed by atoms with Gasteiger partial charge in [0.25, 0.3) is 0 Å². The summed E-state index contributed by atoms with van der Waals surface area (Å²) in [4.78, 5) is 0. The number of hydrogen-bond donors (Lipinski definition) is 1. The van der Waals surface area contributed by atoms with Crippen LogP contribution in [0, 0.1) is 0 Å². The lowest BCUT2D eigenvalue weighted by atomic mass is 10.1. The average molecular weight is 195 g/mol. The summed E-state index contributed by atoms with van der Waals surface area (Å²) in [7, 11) is 1.60. The van der Waals surface area contributed by atoms with Gasteiger partial charge in [-0.25, -0.2) is 0 Å². The van der Waals surface area contributed by atoms with Crippen molar-refractivity contribution in [2.45, 2.75) is 19.4 Å². The van der Waals surface area contributed by atoms with Crippen LogP contribution in [0.15, 0.2) is 24.3 Å².